The molecule has 0 aliphatic heterocycles. The van der Waals surface area contributed by atoms with Crippen LogP contribution in [0.1, 0.15) is 37.4 Å². The lowest BCUT2D eigenvalue weighted by Gasteiger charge is -2.44. The standard InChI is InChI=1S/C21H23FN2O/c1-3-9-21(14-25)10-8-16-11-19-15(12-20(16,21)2)13-23-24(19)18-6-4-17(22)5-7-18/h3-7,11,13,25H,1,8-10,12,14H2,2H3. The second-order valence-corrected chi connectivity index (χ2v) is 7.55. The summed E-state index contributed by atoms with van der Waals surface area (Å²) in [6, 6.07) is 6.42. The molecule has 0 bridgehead atoms. The molecule has 2 atom stereocenters. The SMILES string of the molecule is C=CCC1(CO)CCC2=Cc3c(cnn3-c3ccc(F)cc3)CC21C. The van der Waals surface area contributed by atoms with Crippen molar-refractivity contribution in [3.05, 3.63) is 65.8 Å². The number of hydrogen-bond acceptors (Lipinski definition) is 2. The summed E-state index contributed by atoms with van der Waals surface area (Å²) in [5.74, 6) is -0.247. The van der Waals surface area contributed by atoms with Crippen LogP contribution in [0.5, 0.6) is 0 Å². The summed E-state index contributed by atoms with van der Waals surface area (Å²) >= 11 is 0. The van der Waals surface area contributed by atoms with Gasteiger partial charge in [0.15, 0.2) is 0 Å². The molecule has 2 aliphatic rings. The highest BCUT2D eigenvalue weighted by molar-refractivity contribution is 5.62. The highest BCUT2D eigenvalue weighted by atomic mass is 19.1. The molecule has 3 nitrogen and oxygen atoms in total. The number of aliphatic hydroxyl groups excluding tert-OH is 1. The van der Waals surface area contributed by atoms with Gasteiger partial charge in [-0.15, -0.1) is 6.58 Å². The molecule has 1 N–H and O–H groups in total. The Kier molecular flexibility index (Phi) is 3.69. The molecule has 1 heterocycles. The summed E-state index contributed by atoms with van der Waals surface area (Å²) in [5.41, 5.74) is 4.28. The maximum atomic E-state index is 13.2. The first-order chi connectivity index (χ1) is 12.0. The van der Waals surface area contributed by atoms with Gasteiger partial charge in [0, 0.05) is 17.4 Å². The van der Waals surface area contributed by atoms with E-state index in [-0.39, 0.29) is 23.3 Å². The third-order valence-corrected chi connectivity index (χ3v) is 6.40. The zero-order chi connectivity index (χ0) is 17.7. The Balaban J connectivity index is 1.79. The summed E-state index contributed by atoms with van der Waals surface area (Å²) in [6.07, 6.45) is 9.72. The first-order valence-electron chi connectivity index (χ1n) is 8.79. The lowest BCUT2D eigenvalue weighted by atomic mass is 9.60. The largest absolute Gasteiger partial charge is 0.396 e. The molecule has 25 heavy (non-hydrogen) atoms. The van der Waals surface area contributed by atoms with Crippen LogP contribution in [0.2, 0.25) is 0 Å². The first-order valence-corrected chi connectivity index (χ1v) is 8.79. The van der Waals surface area contributed by atoms with Crippen LogP contribution in [-0.4, -0.2) is 21.5 Å². The van der Waals surface area contributed by atoms with E-state index < -0.39 is 0 Å². The smallest absolute Gasteiger partial charge is 0.123 e. The number of aliphatic hydroxyl groups is 1. The topological polar surface area (TPSA) is 38.1 Å². The summed E-state index contributed by atoms with van der Waals surface area (Å²) in [6.45, 7) is 6.35. The van der Waals surface area contributed by atoms with Crippen LogP contribution < -0.4 is 0 Å². The van der Waals surface area contributed by atoms with Gasteiger partial charge in [0.2, 0.25) is 0 Å². The monoisotopic (exact) mass is 338 g/mol. The van der Waals surface area contributed by atoms with Gasteiger partial charge in [-0.1, -0.05) is 18.6 Å². The van der Waals surface area contributed by atoms with Gasteiger partial charge >= 0.3 is 0 Å². The van der Waals surface area contributed by atoms with Crippen molar-refractivity contribution in [3.63, 3.8) is 0 Å². The van der Waals surface area contributed by atoms with Crippen LogP contribution in [-0.2, 0) is 6.42 Å². The fourth-order valence-electron chi connectivity index (χ4n) is 4.74. The van der Waals surface area contributed by atoms with Gasteiger partial charge < -0.3 is 5.11 Å². The lowest BCUT2D eigenvalue weighted by molar-refractivity contribution is 0.0381. The molecule has 0 amide bonds. The molecule has 0 saturated heterocycles. The Hall–Kier alpha value is -2.20. The predicted molar refractivity (Wildman–Crippen MR) is 96.9 cm³/mol. The van der Waals surface area contributed by atoms with Gasteiger partial charge in [-0.05, 0) is 61.6 Å². The van der Waals surface area contributed by atoms with Gasteiger partial charge in [0.05, 0.1) is 17.6 Å². The third kappa shape index (κ3) is 2.24. The van der Waals surface area contributed by atoms with E-state index >= 15 is 0 Å². The van der Waals surface area contributed by atoms with Crippen LogP contribution in [0.4, 0.5) is 4.39 Å². The second kappa shape index (κ2) is 5.67. The molecule has 4 rings (SSSR count). The average Bonchev–Trinajstić information content (AvgIpc) is 3.13. The minimum Gasteiger partial charge on any atom is -0.396 e. The molecular weight excluding hydrogens is 315 g/mol. The van der Waals surface area contributed by atoms with E-state index in [1.807, 2.05) is 17.0 Å². The van der Waals surface area contributed by atoms with Crippen molar-refractivity contribution in [1.82, 2.24) is 9.78 Å². The molecule has 1 fully saturated rings. The van der Waals surface area contributed by atoms with Crippen LogP contribution in [0.25, 0.3) is 11.8 Å². The fourth-order valence-corrected chi connectivity index (χ4v) is 4.74. The molecule has 130 valence electrons. The van der Waals surface area contributed by atoms with E-state index in [2.05, 4.69) is 24.7 Å². The third-order valence-electron chi connectivity index (χ3n) is 6.40. The van der Waals surface area contributed by atoms with E-state index in [1.165, 1.54) is 23.3 Å². The molecule has 0 radical (unpaired) electrons. The van der Waals surface area contributed by atoms with Crippen LogP contribution >= 0.6 is 0 Å². The number of nitrogens with zero attached hydrogens (tertiary/aromatic N) is 2. The normalized spacial score (nSPS) is 27.6. The molecule has 2 unspecified atom stereocenters. The zero-order valence-electron chi connectivity index (χ0n) is 14.5. The van der Waals surface area contributed by atoms with Crippen molar-refractivity contribution in [3.8, 4) is 5.69 Å². The maximum absolute atomic E-state index is 13.2. The number of fused-ring (bicyclic) bond motifs is 2. The zero-order valence-corrected chi connectivity index (χ0v) is 14.5. The van der Waals surface area contributed by atoms with E-state index in [9.17, 15) is 9.50 Å². The van der Waals surface area contributed by atoms with Crippen molar-refractivity contribution in [1.29, 1.82) is 0 Å². The highest BCUT2D eigenvalue weighted by Gasteiger charge is 2.54. The summed E-state index contributed by atoms with van der Waals surface area (Å²) in [7, 11) is 0. The Morgan fingerprint density at radius 2 is 2.12 bits per heavy atom. The molecule has 0 spiro atoms. The van der Waals surface area contributed by atoms with Crippen molar-refractivity contribution in [2.45, 2.75) is 32.6 Å². The quantitative estimate of drug-likeness (QED) is 0.844. The van der Waals surface area contributed by atoms with E-state index in [0.717, 1.165) is 37.1 Å². The number of allylic oxidation sites excluding steroid dienone is 2. The summed E-state index contributed by atoms with van der Waals surface area (Å²) in [5, 5.41) is 14.7. The predicted octanol–water partition coefficient (Wildman–Crippen LogP) is 4.31. The molecule has 2 aromatic rings. The van der Waals surface area contributed by atoms with Crippen molar-refractivity contribution in [2.75, 3.05) is 6.61 Å². The van der Waals surface area contributed by atoms with E-state index in [0.29, 0.717) is 0 Å². The average molecular weight is 338 g/mol. The van der Waals surface area contributed by atoms with E-state index in [1.54, 1.807) is 12.1 Å². The molecule has 4 heteroatoms. The van der Waals surface area contributed by atoms with Gasteiger partial charge in [0.25, 0.3) is 0 Å². The number of halogens is 1. The second-order valence-electron chi connectivity index (χ2n) is 7.55. The van der Waals surface area contributed by atoms with Crippen molar-refractivity contribution < 1.29 is 9.50 Å². The first kappa shape index (κ1) is 16.3. The number of aromatic nitrogens is 2. The van der Waals surface area contributed by atoms with Crippen molar-refractivity contribution >= 4 is 6.08 Å². The number of hydrogen-bond donors (Lipinski definition) is 1. The van der Waals surface area contributed by atoms with Crippen LogP contribution in [0.3, 0.4) is 0 Å². The number of benzene rings is 1. The number of rotatable bonds is 4. The van der Waals surface area contributed by atoms with Crippen LogP contribution in [0, 0.1) is 16.6 Å². The van der Waals surface area contributed by atoms with Gasteiger partial charge in [-0.25, -0.2) is 9.07 Å². The molecular formula is C21H23FN2O. The van der Waals surface area contributed by atoms with Gasteiger partial charge in [-0.3, -0.25) is 0 Å². The fraction of sp³-hybridized carbons (Fsp3) is 0.381. The Labute approximate surface area is 147 Å². The summed E-state index contributed by atoms with van der Waals surface area (Å²) < 4.78 is 15.1. The minimum atomic E-state index is -0.247. The Bertz CT molecular complexity index is 851. The Morgan fingerprint density at radius 1 is 1.36 bits per heavy atom. The Morgan fingerprint density at radius 3 is 2.80 bits per heavy atom. The van der Waals surface area contributed by atoms with E-state index in [4.69, 9.17) is 0 Å². The highest BCUT2D eigenvalue weighted by Crippen LogP contribution is 2.61. The minimum absolute atomic E-state index is 0.0698. The molecule has 2 aliphatic carbocycles. The lowest BCUT2D eigenvalue weighted by Crippen LogP contribution is -2.41. The van der Waals surface area contributed by atoms with Gasteiger partial charge in [0.1, 0.15) is 5.82 Å². The summed E-state index contributed by atoms with van der Waals surface area (Å²) in [4.78, 5) is 0. The molecule has 1 aromatic carbocycles. The molecule has 1 aromatic heterocycles. The molecule has 1 saturated carbocycles. The maximum Gasteiger partial charge on any atom is 0.123 e. The van der Waals surface area contributed by atoms with Crippen LogP contribution in [0.15, 0.2) is 48.7 Å². The van der Waals surface area contributed by atoms with Gasteiger partial charge in [-0.2, -0.15) is 5.10 Å². The van der Waals surface area contributed by atoms with Crippen molar-refractivity contribution in [2.24, 2.45) is 10.8 Å².